The van der Waals surface area contributed by atoms with Crippen molar-refractivity contribution in [1.82, 2.24) is 9.29 Å². The zero-order chi connectivity index (χ0) is 19.2. The van der Waals surface area contributed by atoms with E-state index in [0.717, 1.165) is 5.56 Å². The Hall–Kier alpha value is -2.25. The molecule has 6 nitrogen and oxygen atoms in total. The van der Waals surface area contributed by atoms with Gasteiger partial charge in [0.25, 0.3) is 0 Å². The number of aromatic nitrogens is 1. The number of pyridine rings is 1. The number of hydrogen-bond donors (Lipinski definition) is 1. The van der Waals surface area contributed by atoms with Gasteiger partial charge in [-0.15, -0.1) is 0 Å². The van der Waals surface area contributed by atoms with Gasteiger partial charge in [0, 0.05) is 37.6 Å². The summed E-state index contributed by atoms with van der Waals surface area (Å²) >= 11 is 0. The highest BCUT2D eigenvalue weighted by Gasteiger charge is 2.24. The van der Waals surface area contributed by atoms with Crippen molar-refractivity contribution in [2.24, 2.45) is 0 Å². The predicted octanol–water partition coefficient (Wildman–Crippen LogP) is 2.99. The summed E-state index contributed by atoms with van der Waals surface area (Å²) in [4.78, 5) is 16.4. The third-order valence-electron chi connectivity index (χ3n) is 4.16. The molecule has 2 aromatic rings. The number of nitrogens with zero attached hydrogens (tertiary/aromatic N) is 2. The van der Waals surface area contributed by atoms with Gasteiger partial charge in [0.1, 0.15) is 0 Å². The number of carbonyl (C=O) groups is 1. The zero-order valence-electron chi connectivity index (χ0n) is 15.4. The number of aryl methyl sites for hydroxylation is 2. The molecule has 0 unspecified atom stereocenters. The van der Waals surface area contributed by atoms with E-state index in [4.69, 9.17) is 0 Å². The Morgan fingerprint density at radius 2 is 1.92 bits per heavy atom. The molecule has 1 heterocycles. The van der Waals surface area contributed by atoms with E-state index in [2.05, 4.69) is 10.3 Å². The van der Waals surface area contributed by atoms with Crippen LogP contribution >= 0.6 is 0 Å². The Kier molecular flexibility index (Phi) is 6.88. The molecule has 1 aromatic heterocycles. The number of amides is 1. The highest BCUT2D eigenvalue weighted by atomic mass is 32.2. The van der Waals surface area contributed by atoms with E-state index in [1.165, 1.54) is 10.4 Å². The molecule has 26 heavy (non-hydrogen) atoms. The molecule has 2 rings (SSSR count). The summed E-state index contributed by atoms with van der Waals surface area (Å²) in [6.45, 7) is 6.17. The van der Waals surface area contributed by atoms with Crippen LogP contribution in [-0.2, 0) is 21.2 Å². The fourth-order valence-corrected chi connectivity index (χ4v) is 4.39. The summed E-state index contributed by atoms with van der Waals surface area (Å²) < 4.78 is 26.9. The largest absolute Gasteiger partial charge is 0.326 e. The highest BCUT2D eigenvalue weighted by molar-refractivity contribution is 7.89. The third-order valence-corrected chi connectivity index (χ3v) is 6.35. The van der Waals surface area contributed by atoms with Gasteiger partial charge < -0.3 is 5.32 Å². The van der Waals surface area contributed by atoms with Crippen LogP contribution in [0.5, 0.6) is 0 Å². The molecule has 0 saturated carbocycles. The second-order valence-electron chi connectivity index (χ2n) is 5.98. The van der Waals surface area contributed by atoms with Gasteiger partial charge in [-0.1, -0.05) is 26.0 Å². The van der Waals surface area contributed by atoms with Crippen molar-refractivity contribution >= 4 is 21.6 Å². The number of benzene rings is 1. The van der Waals surface area contributed by atoms with Crippen molar-refractivity contribution in [1.29, 1.82) is 0 Å². The summed E-state index contributed by atoms with van der Waals surface area (Å²) in [7, 11) is -3.57. The smallest absolute Gasteiger partial charge is 0.243 e. The molecule has 0 saturated heterocycles. The maximum absolute atomic E-state index is 12.8. The van der Waals surface area contributed by atoms with Crippen LogP contribution in [0.2, 0.25) is 0 Å². The van der Waals surface area contributed by atoms with E-state index in [0.29, 0.717) is 37.2 Å². The minimum Gasteiger partial charge on any atom is -0.326 e. The molecule has 1 amide bonds. The highest BCUT2D eigenvalue weighted by Crippen LogP contribution is 2.23. The van der Waals surface area contributed by atoms with Crippen molar-refractivity contribution < 1.29 is 13.2 Å². The third kappa shape index (κ3) is 4.89. The Balaban J connectivity index is 2.12. The first-order valence-electron chi connectivity index (χ1n) is 8.68. The predicted molar refractivity (Wildman–Crippen MR) is 102 cm³/mol. The van der Waals surface area contributed by atoms with Crippen LogP contribution in [0.3, 0.4) is 0 Å². The second kappa shape index (κ2) is 8.91. The van der Waals surface area contributed by atoms with Gasteiger partial charge in [0.2, 0.25) is 15.9 Å². The number of hydrogen-bond acceptors (Lipinski definition) is 4. The molecular weight excluding hydrogens is 350 g/mol. The van der Waals surface area contributed by atoms with Crippen LogP contribution in [0, 0.1) is 6.92 Å². The lowest BCUT2D eigenvalue weighted by Gasteiger charge is -2.20. The van der Waals surface area contributed by atoms with E-state index in [1.54, 1.807) is 45.3 Å². The van der Waals surface area contributed by atoms with E-state index in [1.807, 2.05) is 12.1 Å². The monoisotopic (exact) mass is 375 g/mol. The lowest BCUT2D eigenvalue weighted by molar-refractivity contribution is -0.116. The molecule has 7 heteroatoms. The molecule has 0 aliphatic heterocycles. The maximum Gasteiger partial charge on any atom is 0.243 e. The maximum atomic E-state index is 12.8. The first-order chi connectivity index (χ1) is 12.4. The molecule has 140 valence electrons. The molecule has 1 N–H and O–H groups in total. The van der Waals surface area contributed by atoms with Crippen molar-refractivity contribution in [3.05, 3.63) is 53.9 Å². The van der Waals surface area contributed by atoms with Crippen LogP contribution in [-0.4, -0.2) is 36.7 Å². The minimum absolute atomic E-state index is 0.163. The van der Waals surface area contributed by atoms with Crippen LogP contribution in [0.1, 0.15) is 31.4 Å². The van der Waals surface area contributed by atoms with Crippen molar-refractivity contribution in [3.8, 4) is 0 Å². The number of sulfonamides is 1. The Labute approximate surface area is 155 Å². The first-order valence-corrected chi connectivity index (χ1v) is 10.1. The van der Waals surface area contributed by atoms with Gasteiger partial charge in [-0.05, 0) is 42.7 Å². The Morgan fingerprint density at radius 3 is 2.54 bits per heavy atom. The number of carbonyl (C=O) groups excluding carboxylic acids is 1. The molecule has 0 atom stereocenters. The Morgan fingerprint density at radius 1 is 1.19 bits per heavy atom. The fourth-order valence-electron chi connectivity index (χ4n) is 2.69. The van der Waals surface area contributed by atoms with Gasteiger partial charge in [-0.2, -0.15) is 4.31 Å². The molecule has 0 radical (unpaired) electrons. The van der Waals surface area contributed by atoms with E-state index in [-0.39, 0.29) is 10.8 Å². The van der Waals surface area contributed by atoms with Gasteiger partial charge in [0.05, 0.1) is 4.90 Å². The van der Waals surface area contributed by atoms with Crippen molar-refractivity contribution in [2.75, 3.05) is 18.4 Å². The average Bonchev–Trinajstić information content (AvgIpc) is 2.63. The number of anilines is 1. The second-order valence-corrected chi connectivity index (χ2v) is 7.89. The average molecular weight is 375 g/mol. The summed E-state index contributed by atoms with van der Waals surface area (Å²) in [5.74, 6) is -0.163. The summed E-state index contributed by atoms with van der Waals surface area (Å²) in [6, 6.07) is 8.72. The lowest BCUT2D eigenvalue weighted by atomic mass is 10.1. The molecular formula is C19H25N3O3S. The van der Waals surface area contributed by atoms with Crippen LogP contribution in [0.15, 0.2) is 47.6 Å². The summed E-state index contributed by atoms with van der Waals surface area (Å²) in [5.41, 5.74) is 2.12. The quantitative estimate of drug-likeness (QED) is 0.769. The minimum atomic E-state index is -3.57. The number of rotatable bonds is 8. The van der Waals surface area contributed by atoms with Crippen molar-refractivity contribution in [2.45, 2.75) is 38.5 Å². The van der Waals surface area contributed by atoms with Crippen molar-refractivity contribution in [3.63, 3.8) is 0 Å². The molecule has 0 spiro atoms. The van der Waals surface area contributed by atoms with Gasteiger partial charge in [-0.25, -0.2) is 8.42 Å². The van der Waals surface area contributed by atoms with Crippen LogP contribution in [0.4, 0.5) is 5.69 Å². The summed E-state index contributed by atoms with van der Waals surface area (Å²) in [6.07, 6.45) is 4.30. The molecule has 1 aromatic carbocycles. The van der Waals surface area contributed by atoms with E-state index < -0.39 is 10.0 Å². The standard InChI is InChI=1S/C19H25N3O3S/c1-4-22(5-2)26(24,25)18-13-17(10-8-15(18)3)21-19(23)11-9-16-7-6-12-20-14-16/h6-8,10,12-14H,4-5,9,11H2,1-3H3,(H,21,23). The topological polar surface area (TPSA) is 79.4 Å². The Bertz CT molecular complexity index is 848. The molecule has 0 aliphatic rings. The lowest BCUT2D eigenvalue weighted by Crippen LogP contribution is -2.31. The first kappa shape index (κ1) is 20.1. The molecule has 0 aliphatic carbocycles. The van der Waals surface area contributed by atoms with Gasteiger partial charge in [-0.3, -0.25) is 9.78 Å². The summed E-state index contributed by atoms with van der Waals surface area (Å²) in [5, 5.41) is 2.78. The van der Waals surface area contributed by atoms with E-state index in [9.17, 15) is 13.2 Å². The van der Waals surface area contributed by atoms with Gasteiger partial charge in [0.15, 0.2) is 0 Å². The SMILES string of the molecule is CCN(CC)S(=O)(=O)c1cc(NC(=O)CCc2cccnc2)ccc1C. The molecule has 0 fully saturated rings. The zero-order valence-corrected chi connectivity index (χ0v) is 16.2. The van der Waals surface area contributed by atoms with Gasteiger partial charge >= 0.3 is 0 Å². The molecule has 0 bridgehead atoms. The number of nitrogens with one attached hydrogen (secondary N) is 1. The van der Waals surface area contributed by atoms with E-state index >= 15 is 0 Å². The van der Waals surface area contributed by atoms with Crippen LogP contribution < -0.4 is 5.32 Å². The normalized spacial score (nSPS) is 11.5. The fraction of sp³-hybridized carbons (Fsp3) is 0.368. The van der Waals surface area contributed by atoms with Crippen LogP contribution in [0.25, 0.3) is 0 Å².